The predicted octanol–water partition coefficient (Wildman–Crippen LogP) is 2.91. The Labute approximate surface area is 228 Å². The quantitative estimate of drug-likeness (QED) is 0.468. The molecule has 0 bridgehead atoms. The number of rotatable bonds is 9. The van der Waals surface area contributed by atoms with Crippen molar-refractivity contribution >= 4 is 17.5 Å². The number of methoxy groups -OCH3 is 3. The van der Waals surface area contributed by atoms with Crippen molar-refractivity contribution in [3.63, 3.8) is 0 Å². The predicted molar refractivity (Wildman–Crippen MR) is 148 cm³/mol. The van der Waals surface area contributed by atoms with E-state index in [-0.39, 0.29) is 23.3 Å². The highest BCUT2D eigenvalue weighted by atomic mass is 16.5. The zero-order valence-corrected chi connectivity index (χ0v) is 23.1. The molecule has 1 fully saturated rings. The molecule has 0 radical (unpaired) electrons. The highest BCUT2D eigenvalue weighted by Crippen LogP contribution is 2.50. The third-order valence-corrected chi connectivity index (χ3v) is 7.16. The number of nitrogens with one attached hydrogen (secondary N) is 2. The summed E-state index contributed by atoms with van der Waals surface area (Å²) >= 11 is 0. The van der Waals surface area contributed by atoms with Gasteiger partial charge in [0.1, 0.15) is 0 Å². The molecule has 2 N–H and O–H groups in total. The number of hydrogen-bond acceptors (Lipinski definition) is 8. The van der Waals surface area contributed by atoms with Crippen molar-refractivity contribution in [2.75, 3.05) is 59.5 Å². The van der Waals surface area contributed by atoms with Gasteiger partial charge in [0.2, 0.25) is 23.0 Å². The van der Waals surface area contributed by atoms with Crippen LogP contribution in [0.3, 0.4) is 0 Å². The molecule has 0 spiro atoms. The molecule has 10 heteroatoms. The average molecular weight is 540 g/mol. The number of nitrogens with zero attached hydrogens (tertiary/aromatic N) is 1. The van der Waals surface area contributed by atoms with Crippen LogP contribution in [0.4, 0.5) is 5.69 Å². The molecule has 39 heavy (non-hydrogen) atoms. The van der Waals surface area contributed by atoms with Crippen molar-refractivity contribution < 1.29 is 28.5 Å². The molecule has 4 rings (SSSR count). The normalized spacial score (nSPS) is 16.3. The molecule has 2 aromatic rings. The van der Waals surface area contributed by atoms with E-state index in [2.05, 4.69) is 10.6 Å². The van der Waals surface area contributed by atoms with Gasteiger partial charge >= 0.3 is 0 Å². The topological polar surface area (TPSA) is 115 Å². The minimum absolute atomic E-state index is 0.0963. The first-order valence-corrected chi connectivity index (χ1v) is 13.2. The lowest BCUT2D eigenvalue weighted by molar-refractivity contribution is -0.135. The summed E-state index contributed by atoms with van der Waals surface area (Å²) in [6.07, 6.45) is 2.21. The van der Waals surface area contributed by atoms with Gasteiger partial charge < -0.3 is 34.5 Å². The SMILES string of the molecule is COc1cc2c(c(OC)c1OC)-c1ccc(NCCCC(=O)N3CCOCC3)c(=O)cc1[C@@H](NC(C)=O)CC2. The van der Waals surface area contributed by atoms with Gasteiger partial charge in [-0.2, -0.15) is 0 Å². The van der Waals surface area contributed by atoms with Crippen molar-refractivity contribution in [1.29, 1.82) is 0 Å². The van der Waals surface area contributed by atoms with E-state index in [4.69, 9.17) is 18.9 Å². The van der Waals surface area contributed by atoms with Gasteiger partial charge in [-0.15, -0.1) is 0 Å². The zero-order chi connectivity index (χ0) is 27.9. The van der Waals surface area contributed by atoms with E-state index in [0.29, 0.717) is 87.0 Å². The first-order chi connectivity index (χ1) is 18.9. The second-order valence-electron chi connectivity index (χ2n) is 9.62. The van der Waals surface area contributed by atoms with Crippen molar-refractivity contribution in [2.45, 2.75) is 38.6 Å². The lowest BCUT2D eigenvalue weighted by atomic mass is 9.95. The molecule has 1 heterocycles. The van der Waals surface area contributed by atoms with E-state index in [1.165, 1.54) is 6.92 Å². The maximum atomic E-state index is 13.4. The monoisotopic (exact) mass is 539 g/mol. The lowest BCUT2D eigenvalue weighted by Gasteiger charge is -2.26. The Balaban J connectivity index is 1.68. The Kier molecular flexibility index (Phi) is 9.29. The van der Waals surface area contributed by atoms with Crippen LogP contribution in [0.2, 0.25) is 0 Å². The van der Waals surface area contributed by atoms with E-state index >= 15 is 0 Å². The molecular formula is C29H37N3O7. The maximum Gasteiger partial charge on any atom is 0.222 e. The number of ether oxygens (including phenoxy) is 4. The third kappa shape index (κ3) is 6.27. The molecule has 0 aromatic heterocycles. The van der Waals surface area contributed by atoms with Gasteiger partial charge in [0.15, 0.2) is 11.5 Å². The molecule has 1 aliphatic heterocycles. The van der Waals surface area contributed by atoms with Crippen LogP contribution < -0.4 is 30.3 Å². The summed E-state index contributed by atoms with van der Waals surface area (Å²) in [5.74, 6) is 1.43. The summed E-state index contributed by atoms with van der Waals surface area (Å²) in [4.78, 5) is 39.7. The highest BCUT2D eigenvalue weighted by molar-refractivity contribution is 5.83. The van der Waals surface area contributed by atoms with E-state index < -0.39 is 0 Å². The van der Waals surface area contributed by atoms with Crippen molar-refractivity contribution in [1.82, 2.24) is 10.2 Å². The summed E-state index contributed by atoms with van der Waals surface area (Å²) in [6.45, 7) is 4.32. The van der Waals surface area contributed by atoms with Gasteiger partial charge in [-0.3, -0.25) is 14.4 Å². The number of carbonyl (C=O) groups excluding carboxylic acids is 2. The van der Waals surface area contributed by atoms with E-state index in [0.717, 1.165) is 16.7 Å². The van der Waals surface area contributed by atoms with Gasteiger partial charge in [-0.1, -0.05) is 6.07 Å². The first-order valence-electron chi connectivity index (χ1n) is 13.2. The van der Waals surface area contributed by atoms with Crippen LogP contribution in [0.1, 0.15) is 43.4 Å². The minimum Gasteiger partial charge on any atom is -0.493 e. The van der Waals surface area contributed by atoms with Gasteiger partial charge in [-0.25, -0.2) is 0 Å². The maximum absolute atomic E-state index is 13.4. The third-order valence-electron chi connectivity index (χ3n) is 7.16. The Morgan fingerprint density at radius 3 is 2.46 bits per heavy atom. The largest absolute Gasteiger partial charge is 0.493 e. The number of fused-ring (bicyclic) bond motifs is 3. The van der Waals surface area contributed by atoms with Gasteiger partial charge in [0.25, 0.3) is 0 Å². The second-order valence-corrected chi connectivity index (χ2v) is 9.62. The molecule has 1 atom stereocenters. The van der Waals surface area contributed by atoms with E-state index in [1.54, 1.807) is 33.5 Å². The summed E-state index contributed by atoms with van der Waals surface area (Å²) in [6, 6.07) is 6.77. The fourth-order valence-electron chi connectivity index (χ4n) is 5.29. The fourth-order valence-corrected chi connectivity index (χ4v) is 5.29. The molecule has 10 nitrogen and oxygen atoms in total. The molecular weight excluding hydrogens is 502 g/mol. The zero-order valence-electron chi connectivity index (χ0n) is 23.1. The number of carbonyl (C=O) groups is 2. The Morgan fingerprint density at radius 2 is 1.79 bits per heavy atom. The van der Waals surface area contributed by atoms with E-state index in [9.17, 15) is 14.4 Å². The van der Waals surface area contributed by atoms with Crippen LogP contribution in [-0.2, 0) is 20.7 Å². The number of amides is 2. The summed E-state index contributed by atoms with van der Waals surface area (Å²) in [7, 11) is 4.70. The van der Waals surface area contributed by atoms with Crippen LogP contribution >= 0.6 is 0 Å². The number of benzene rings is 1. The number of hydrogen-bond donors (Lipinski definition) is 2. The average Bonchev–Trinajstić information content (AvgIpc) is 3.18. The molecule has 210 valence electrons. The molecule has 2 amide bonds. The molecule has 0 saturated carbocycles. The number of morpholine rings is 1. The molecule has 0 unspecified atom stereocenters. The number of anilines is 1. The van der Waals surface area contributed by atoms with Crippen molar-refractivity contribution in [3.05, 3.63) is 45.6 Å². The smallest absolute Gasteiger partial charge is 0.222 e. The second kappa shape index (κ2) is 12.8. The molecule has 1 aliphatic carbocycles. The Hall–Kier alpha value is -3.79. The standard InChI is InChI=1S/C29H37N3O7/c1-18(33)31-22-9-7-19-16-25(36-2)28(37-3)29(38-4)27(19)20-8-10-23(24(34)17-21(20)22)30-11-5-6-26(35)32-12-14-39-15-13-32/h8,10,16-17,22H,5-7,9,11-15H2,1-4H3,(H,30,34)(H,31,33)/t22-/m0/s1. The minimum atomic E-state index is -0.370. The van der Waals surface area contributed by atoms with Gasteiger partial charge in [0.05, 0.1) is 46.3 Å². The van der Waals surface area contributed by atoms with E-state index in [1.807, 2.05) is 17.0 Å². The van der Waals surface area contributed by atoms with Gasteiger partial charge in [-0.05, 0) is 54.2 Å². The van der Waals surface area contributed by atoms with Gasteiger partial charge in [0, 0.05) is 38.5 Å². The Morgan fingerprint density at radius 1 is 1.05 bits per heavy atom. The Bertz CT molecular complexity index is 1270. The fraction of sp³-hybridized carbons (Fsp3) is 0.483. The first kappa shape index (κ1) is 28.2. The van der Waals surface area contributed by atoms with Crippen LogP contribution in [-0.4, -0.2) is 70.9 Å². The molecule has 2 aromatic carbocycles. The van der Waals surface area contributed by atoms with Crippen molar-refractivity contribution in [3.8, 4) is 28.4 Å². The lowest BCUT2D eigenvalue weighted by Crippen LogP contribution is -2.40. The summed E-state index contributed by atoms with van der Waals surface area (Å²) in [5.41, 5.74) is 3.46. The van der Waals surface area contributed by atoms with Crippen LogP contribution in [0.25, 0.3) is 11.1 Å². The van der Waals surface area contributed by atoms with Crippen molar-refractivity contribution in [2.24, 2.45) is 0 Å². The van der Waals surface area contributed by atoms with Crippen LogP contribution in [0.5, 0.6) is 17.2 Å². The molecule has 2 aliphatic rings. The van der Waals surface area contributed by atoms with Crippen LogP contribution in [0.15, 0.2) is 29.1 Å². The highest BCUT2D eigenvalue weighted by Gasteiger charge is 2.29. The number of aryl methyl sites for hydroxylation is 1. The summed E-state index contributed by atoms with van der Waals surface area (Å²) in [5, 5.41) is 6.22. The summed E-state index contributed by atoms with van der Waals surface area (Å²) < 4.78 is 22.3. The van der Waals surface area contributed by atoms with Crippen LogP contribution in [0, 0.1) is 0 Å². The molecule has 1 saturated heterocycles.